The first-order chi connectivity index (χ1) is 8.18. The molecule has 1 unspecified atom stereocenters. The Hall–Kier alpha value is -1.55. The Morgan fingerprint density at radius 3 is 2.94 bits per heavy atom. The lowest BCUT2D eigenvalue weighted by atomic mass is 10.0. The van der Waals surface area contributed by atoms with E-state index in [2.05, 4.69) is 0 Å². The Balaban J connectivity index is 2.03. The van der Waals surface area contributed by atoms with Crippen molar-refractivity contribution in [2.45, 2.75) is 19.4 Å². The molecule has 1 N–H and O–H groups in total. The summed E-state index contributed by atoms with van der Waals surface area (Å²) < 4.78 is 4.93. The molecule has 92 valence electrons. The number of carbonyl (C=O) groups is 1. The first-order valence-corrected chi connectivity index (χ1v) is 5.84. The highest BCUT2D eigenvalue weighted by Crippen LogP contribution is 2.19. The van der Waals surface area contributed by atoms with Crippen molar-refractivity contribution in [3.05, 3.63) is 35.4 Å². The Labute approximate surface area is 101 Å². The predicted molar refractivity (Wildman–Crippen MR) is 63.7 cm³/mol. The van der Waals surface area contributed by atoms with Crippen LogP contribution >= 0.6 is 0 Å². The molecule has 1 aliphatic heterocycles. The Morgan fingerprint density at radius 2 is 2.24 bits per heavy atom. The summed E-state index contributed by atoms with van der Waals surface area (Å²) >= 11 is 0. The van der Waals surface area contributed by atoms with Crippen LogP contribution in [0.1, 0.15) is 23.7 Å². The number of hydrogen-bond donors (Lipinski definition) is 1. The normalized spacial score (nSPS) is 17.8. The summed E-state index contributed by atoms with van der Waals surface area (Å²) in [4.78, 5) is 13.0. The van der Waals surface area contributed by atoms with Crippen LogP contribution in [0.2, 0.25) is 0 Å². The van der Waals surface area contributed by atoms with E-state index in [1.807, 2.05) is 31.2 Å². The van der Waals surface area contributed by atoms with Gasteiger partial charge in [0.05, 0.1) is 19.3 Å². The van der Waals surface area contributed by atoms with Crippen LogP contribution in [0, 0.1) is 6.92 Å². The maximum atomic E-state index is 11.4. The fourth-order valence-electron chi connectivity index (χ4n) is 2.03. The number of aliphatic hydroxyl groups excluding tert-OH is 1. The van der Waals surface area contributed by atoms with Crippen LogP contribution in [0.5, 0.6) is 0 Å². The number of rotatable bonds is 3. The number of β-amino-alcohol motifs (C(OH)–C–C–N with tert-alkyl or cyclic N) is 1. The van der Waals surface area contributed by atoms with Gasteiger partial charge < -0.3 is 14.7 Å². The third-order valence-electron chi connectivity index (χ3n) is 3.00. The van der Waals surface area contributed by atoms with Crippen LogP contribution in [0.15, 0.2) is 24.3 Å². The lowest BCUT2D eigenvalue weighted by Gasteiger charge is -2.28. The topological polar surface area (TPSA) is 49.8 Å². The molecule has 0 spiro atoms. The molecular formula is C13H17NO3. The zero-order valence-electron chi connectivity index (χ0n) is 9.93. The van der Waals surface area contributed by atoms with Crippen LogP contribution in [0.25, 0.3) is 0 Å². The van der Waals surface area contributed by atoms with Crippen LogP contribution in [0.4, 0.5) is 4.79 Å². The summed E-state index contributed by atoms with van der Waals surface area (Å²) in [6.07, 6.45) is -0.155. The monoisotopic (exact) mass is 235 g/mol. The SMILES string of the molecule is Cc1ccccc1C(O)CN1CCCOC1=O. The molecule has 4 heteroatoms. The number of hydrogen-bond acceptors (Lipinski definition) is 3. The lowest BCUT2D eigenvalue weighted by molar-refractivity contribution is 0.0474. The highest BCUT2D eigenvalue weighted by atomic mass is 16.6. The molecule has 1 saturated heterocycles. The fraction of sp³-hybridized carbons (Fsp3) is 0.462. The molecule has 1 aliphatic rings. The van der Waals surface area contributed by atoms with Crippen molar-refractivity contribution in [3.63, 3.8) is 0 Å². The minimum atomic E-state index is -0.651. The molecular weight excluding hydrogens is 218 g/mol. The number of amides is 1. The van der Waals surface area contributed by atoms with E-state index < -0.39 is 6.10 Å². The summed E-state index contributed by atoms with van der Waals surface area (Å²) in [5, 5.41) is 10.1. The van der Waals surface area contributed by atoms with Crippen molar-refractivity contribution in [2.24, 2.45) is 0 Å². The summed E-state index contributed by atoms with van der Waals surface area (Å²) in [6.45, 7) is 3.38. The number of nitrogens with zero attached hydrogens (tertiary/aromatic N) is 1. The Kier molecular flexibility index (Phi) is 3.64. The van der Waals surface area contributed by atoms with Gasteiger partial charge >= 0.3 is 6.09 Å². The average Bonchev–Trinajstić information content (AvgIpc) is 2.32. The van der Waals surface area contributed by atoms with Gasteiger partial charge in [0.2, 0.25) is 0 Å². The zero-order chi connectivity index (χ0) is 12.3. The van der Waals surface area contributed by atoms with Crippen LogP contribution < -0.4 is 0 Å². The van der Waals surface area contributed by atoms with E-state index in [1.165, 1.54) is 0 Å². The molecule has 4 nitrogen and oxygen atoms in total. The third kappa shape index (κ3) is 2.77. The molecule has 1 aromatic carbocycles. The molecule has 0 saturated carbocycles. The van der Waals surface area contributed by atoms with E-state index in [9.17, 15) is 9.90 Å². The van der Waals surface area contributed by atoms with Gasteiger partial charge in [-0.2, -0.15) is 0 Å². The van der Waals surface area contributed by atoms with E-state index in [0.717, 1.165) is 17.5 Å². The van der Waals surface area contributed by atoms with Gasteiger partial charge in [-0.15, -0.1) is 0 Å². The van der Waals surface area contributed by atoms with Gasteiger partial charge in [-0.05, 0) is 24.5 Å². The van der Waals surface area contributed by atoms with Crippen molar-refractivity contribution in [2.75, 3.05) is 19.7 Å². The molecule has 0 aromatic heterocycles. The second-order valence-corrected chi connectivity index (χ2v) is 4.29. The molecule has 0 bridgehead atoms. The minimum Gasteiger partial charge on any atom is -0.449 e. The van der Waals surface area contributed by atoms with Crippen LogP contribution in [0.3, 0.4) is 0 Å². The van der Waals surface area contributed by atoms with Gasteiger partial charge in [-0.3, -0.25) is 0 Å². The van der Waals surface area contributed by atoms with Crippen molar-refractivity contribution in [3.8, 4) is 0 Å². The van der Waals surface area contributed by atoms with Gasteiger partial charge in [0.1, 0.15) is 0 Å². The van der Waals surface area contributed by atoms with E-state index in [-0.39, 0.29) is 6.09 Å². The minimum absolute atomic E-state index is 0.295. The Bertz CT molecular complexity index is 405. The summed E-state index contributed by atoms with van der Waals surface area (Å²) in [5.74, 6) is 0. The molecule has 1 aromatic rings. The maximum absolute atomic E-state index is 11.4. The maximum Gasteiger partial charge on any atom is 0.409 e. The zero-order valence-corrected chi connectivity index (χ0v) is 9.93. The molecule has 1 atom stereocenters. The van der Waals surface area contributed by atoms with E-state index in [1.54, 1.807) is 4.90 Å². The highest BCUT2D eigenvalue weighted by molar-refractivity contribution is 5.68. The number of benzene rings is 1. The number of carbonyl (C=O) groups excluding carboxylic acids is 1. The molecule has 0 radical (unpaired) electrons. The van der Waals surface area contributed by atoms with E-state index >= 15 is 0 Å². The average molecular weight is 235 g/mol. The number of aryl methyl sites for hydroxylation is 1. The van der Waals surface area contributed by atoms with Crippen LogP contribution in [-0.4, -0.2) is 35.8 Å². The molecule has 1 amide bonds. The summed E-state index contributed by atoms with van der Waals surface area (Å²) in [5.41, 5.74) is 1.90. The number of aliphatic hydroxyl groups is 1. The quantitative estimate of drug-likeness (QED) is 0.870. The molecule has 1 heterocycles. The first kappa shape index (κ1) is 11.9. The number of cyclic esters (lactones) is 1. The summed E-state index contributed by atoms with van der Waals surface area (Å²) in [6, 6.07) is 7.66. The first-order valence-electron chi connectivity index (χ1n) is 5.84. The molecule has 2 rings (SSSR count). The second kappa shape index (κ2) is 5.19. The third-order valence-corrected chi connectivity index (χ3v) is 3.00. The summed E-state index contributed by atoms with van der Waals surface area (Å²) in [7, 11) is 0. The van der Waals surface area contributed by atoms with Gasteiger partial charge in [0, 0.05) is 6.54 Å². The van der Waals surface area contributed by atoms with Crippen molar-refractivity contribution < 1.29 is 14.6 Å². The standard InChI is InChI=1S/C13H17NO3/c1-10-5-2-3-6-11(10)12(15)9-14-7-4-8-17-13(14)16/h2-3,5-6,12,15H,4,7-9H2,1H3. The molecule has 0 aliphatic carbocycles. The van der Waals surface area contributed by atoms with Crippen molar-refractivity contribution in [1.82, 2.24) is 4.90 Å². The van der Waals surface area contributed by atoms with E-state index in [4.69, 9.17) is 4.74 Å². The highest BCUT2D eigenvalue weighted by Gasteiger charge is 2.23. The smallest absolute Gasteiger partial charge is 0.409 e. The van der Waals surface area contributed by atoms with Gasteiger partial charge in [0.15, 0.2) is 0 Å². The van der Waals surface area contributed by atoms with Gasteiger partial charge in [-0.25, -0.2) is 4.79 Å². The second-order valence-electron chi connectivity index (χ2n) is 4.29. The van der Waals surface area contributed by atoms with Gasteiger partial charge in [-0.1, -0.05) is 24.3 Å². The van der Waals surface area contributed by atoms with Crippen molar-refractivity contribution in [1.29, 1.82) is 0 Å². The fourth-order valence-corrected chi connectivity index (χ4v) is 2.03. The molecule has 1 fully saturated rings. The Morgan fingerprint density at radius 1 is 1.47 bits per heavy atom. The largest absolute Gasteiger partial charge is 0.449 e. The van der Waals surface area contributed by atoms with Crippen molar-refractivity contribution >= 4 is 6.09 Å². The predicted octanol–water partition coefficient (Wildman–Crippen LogP) is 1.87. The van der Waals surface area contributed by atoms with E-state index in [0.29, 0.717) is 19.7 Å². The number of ether oxygens (including phenoxy) is 1. The lowest BCUT2D eigenvalue weighted by Crippen LogP contribution is -2.40. The van der Waals surface area contributed by atoms with Gasteiger partial charge in [0.25, 0.3) is 0 Å². The van der Waals surface area contributed by atoms with Crippen LogP contribution in [-0.2, 0) is 4.74 Å². The molecule has 17 heavy (non-hydrogen) atoms.